The minimum atomic E-state index is -0.378. The molecular formula is C12H18FN3O. The molecule has 0 aliphatic heterocycles. The fourth-order valence-electron chi connectivity index (χ4n) is 1.45. The quantitative estimate of drug-likeness (QED) is 0.450. The largest absolute Gasteiger partial charge is 0.384 e. The summed E-state index contributed by atoms with van der Waals surface area (Å²) >= 11 is 0. The monoisotopic (exact) mass is 239 g/mol. The van der Waals surface area contributed by atoms with E-state index < -0.39 is 0 Å². The Morgan fingerprint density at radius 2 is 2.24 bits per heavy atom. The molecule has 0 aliphatic carbocycles. The molecular weight excluding hydrogens is 221 g/mol. The summed E-state index contributed by atoms with van der Waals surface area (Å²) < 4.78 is 18.9. The fourth-order valence-corrected chi connectivity index (χ4v) is 1.45. The van der Waals surface area contributed by atoms with Crippen LogP contribution in [0.1, 0.15) is 12.5 Å². The number of ether oxygens (including phenoxy) is 1. The van der Waals surface area contributed by atoms with Crippen molar-refractivity contribution < 1.29 is 9.13 Å². The molecule has 4 nitrogen and oxygen atoms in total. The molecule has 0 unspecified atom stereocenters. The van der Waals surface area contributed by atoms with Crippen LogP contribution >= 0.6 is 0 Å². The van der Waals surface area contributed by atoms with Crippen LogP contribution in [0, 0.1) is 11.2 Å². The SMILES string of the molecule is CCOCCN(C)c1ccc(C(=N)N)cc1F. The first-order chi connectivity index (χ1) is 8.06. The van der Waals surface area contributed by atoms with Crippen LogP contribution in [0.3, 0.4) is 0 Å². The second-order valence-corrected chi connectivity index (χ2v) is 3.70. The van der Waals surface area contributed by atoms with Crippen molar-refractivity contribution in [2.45, 2.75) is 6.92 Å². The van der Waals surface area contributed by atoms with E-state index in [9.17, 15) is 4.39 Å². The molecule has 94 valence electrons. The molecule has 0 atom stereocenters. The normalized spacial score (nSPS) is 10.3. The van der Waals surface area contributed by atoms with Crippen LogP contribution in [-0.2, 0) is 4.74 Å². The van der Waals surface area contributed by atoms with E-state index in [1.54, 1.807) is 24.1 Å². The van der Waals surface area contributed by atoms with E-state index in [2.05, 4.69) is 0 Å². The predicted octanol–water partition coefficient (Wildman–Crippen LogP) is 1.58. The molecule has 0 bridgehead atoms. The van der Waals surface area contributed by atoms with Crippen LogP contribution in [0.5, 0.6) is 0 Å². The van der Waals surface area contributed by atoms with Gasteiger partial charge in [-0.2, -0.15) is 0 Å². The van der Waals surface area contributed by atoms with Crippen LogP contribution in [-0.4, -0.2) is 32.6 Å². The Kier molecular flexibility index (Phi) is 4.90. The Balaban J connectivity index is 2.74. The van der Waals surface area contributed by atoms with Crippen molar-refractivity contribution in [1.29, 1.82) is 5.41 Å². The smallest absolute Gasteiger partial charge is 0.147 e. The number of hydrogen-bond donors (Lipinski definition) is 2. The summed E-state index contributed by atoms with van der Waals surface area (Å²) in [5, 5.41) is 7.22. The van der Waals surface area contributed by atoms with Gasteiger partial charge >= 0.3 is 0 Å². The molecule has 0 amide bonds. The topological polar surface area (TPSA) is 62.3 Å². The molecule has 0 saturated heterocycles. The summed E-state index contributed by atoms with van der Waals surface area (Å²) in [7, 11) is 1.80. The van der Waals surface area contributed by atoms with Gasteiger partial charge in [0, 0.05) is 25.8 Å². The first kappa shape index (κ1) is 13.4. The molecule has 5 heteroatoms. The average molecular weight is 239 g/mol. The lowest BCUT2D eigenvalue weighted by Gasteiger charge is -2.20. The van der Waals surface area contributed by atoms with E-state index in [-0.39, 0.29) is 11.7 Å². The highest BCUT2D eigenvalue weighted by Crippen LogP contribution is 2.19. The van der Waals surface area contributed by atoms with E-state index in [0.717, 1.165) is 0 Å². The predicted molar refractivity (Wildman–Crippen MR) is 67.2 cm³/mol. The Bertz CT molecular complexity index is 395. The zero-order chi connectivity index (χ0) is 12.8. The number of rotatable bonds is 6. The molecule has 0 aromatic heterocycles. The summed E-state index contributed by atoms with van der Waals surface area (Å²) in [5.41, 5.74) is 6.16. The Labute approximate surface area is 101 Å². The zero-order valence-electron chi connectivity index (χ0n) is 10.2. The van der Waals surface area contributed by atoms with Crippen molar-refractivity contribution in [2.24, 2.45) is 5.73 Å². The molecule has 3 N–H and O–H groups in total. The van der Waals surface area contributed by atoms with Crippen molar-refractivity contribution >= 4 is 11.5 Å². The number of likely N-dealkylation sites (N-methyl/N-ethyl adjacent to an activating group) is 1. The zero-order valence-corrected chi connectivity index (χ0v) is 10.2. The number of halogens is 1. The van der Waals surface area contributed by atoms with E-state index in [0.29, 0.717) is 31.0 Å². The minimum absolute atomic E-state index is 0.132. The third kappa shape index (κ3) is 3.71. The van der Waals surface area contributed by atoms with E-state index in [1.165, 1.54) is 6.07 Å². The van der Waals surface area contributed by atoms with Crippen molar-refractivity contribution in [3.8, 4) is 0 Å². The molecule has 1 aromatic carbocycles. The van der Waals surface area contributed by atoms with Crippen LogP contribution in [0.15, 0.2) is 18.2 Å². The molecule has 1 rings (SSSR count). The number of hydrogen-bond acceptors (Lipinski definition) is 3. The maximum Gasteiger partial charge on any atom is 0.147 e. The first-order valence-corrected chi connectivity index (χ1v) is 5.49. The summed E-state index contributed by atoms with van der Waals surface area (Å²) in [4.78, 5) is 1.77. The number of nitrogens with two attached hydrogens (primary N) is 1. The average Bonchev–Trinajstić information content (AvgIpc) is 2.28. The van der Waals surface area contributed by atoms with Crippen molar-refractivity contribution in [2.75, 3.05) is 31.7 Å². The van der Waals surface area contributed by atoms with Gasteiger partial charge in [0.25, 0.3) is 0 Å². The van der Waals surface area contributed by atoms with Crippen LogP contribution in [0.25, 0.3) is 0 Å². The third-order valence-electron chi connectivity index (χ3n) is 2.45. The van der Waals surface area contributed by atoms with Gasteiger partial charge in [0.05, 0.1) is 12.3 Å². The van der Waals surface area contributed by atoms with Gasteiger partial charge in [-0.05, 0) is 25.1 Å². The van der Waals surface area contributed by atoms with Gasteiger partial charge in [-0.25, -0.2) is 4.39 Å². The lowest BCUT2D eigenvalue weighted by atomic mass is 10.1. The maximum atomic E-state index is 13.7. The Morgan fingerprint density at radius 3 is 2.76 bits per heavy atom. The van der Waals surface area contributed by atoms with Gasteiger partial charge in [-0.3, -0.25) is 5.41 Å². The number of amidine groups is 1. The van der Waals surface area contributed by atoms with Crippen LogP contribution in [0.4, 0.5) is 10.1 Å². The molecule has 0 heterocycles. The molecule has 1 aromatic rings. The third-order valence-corrected chi connectivity index (χ3v) is 2.45. The summed E-state index contributed by atoms with van der Waals surface area (Å²) in [6.07, 6.45) is 0. The molecule has 0 spiro atoms. The number of benzene rings is 1. The van der Waals surface area contributed by atoms with E-state index >= 15 is 0 Å². The lowest BCUT2D eigenvalue weighted by molar-refractivity contribution is 0.154. The van der Waals surface area contributed by atoms with Gasteiger partial charge in [-0.1, -0.05) is 0 Å². The number of nitrogens with one attached hydrogen (secondary N) is 1. The highest BCUT2D eigenvalue weighted by Gasteiger charge is 2.09. The molecule has 0 aliphatic rings. The first-order valence-electron chi connectivity index (χ1n) is 5.49. The number of nitrogens with zero attached hydrogens (tertiary/aromatic N) is 1. The molecule has 0 fully saturated rings. The maximum absolute atomic E-state index is 13.7. The molecule has 17 heavy (non-hydrogen) atoms. The Hall–Kier alpha value is -1.62. The second-order valence-electron chi connectivity index (χ2n) is 3.70. The van der Waals surface area contributed by atoms with Gasteiger partial charge in [0.1, 0.15) is 11.7 Å². The van der Waals surface area contributed by atoms with Gasteiger partial charge < -0.3 is 15.4 Å². The highest BCUT2D eigenvalue weighted by atomic mass is 19.1. The number of nitrogen functional groups attached to an aromatic ring is 1. The van der Waals surface area contributed by atoms with Crippen molar-refractivity contribution in [1.82, 2.24) is 0 Å². The summed E-state index contributed by atoms with van der Waals surface area (Å²) in [6.45, 7) is 3.74. The van der Waals surface area contributed by atoms with E-state index in [1.807, 2.05) is 6.92 Å². The van der Waals surface area contributed by atoms with E-state index in [4.69, 9.17) is 15.9 Å². The summed E-state index contributed by atoms with van der Waals surface area (Å²) in [5.74, 6) is -0.510. The van der Waals surface area contributed by atoms with Crippen molar-refractivity contribution in [3.63, 3.8) is 0 Å². The molecule has 0 radical (unpaired) electrons. The fraction of sp³-hybridized carbons (Fsp3) is 0.417. The van der Waals surface area contributed by atoms with Crippen LogP contribution < -0.4 is 10.6 Å². The molecule has 0 saturated carbocycles. The lowest BCUT2D eigenvalue weighted by Crippen LogP contribution is -2.24. The number of anilines is 1. The second kappa shape index (κ2) is 6.20. The summed E-state index contributed by atoms with van der Waals surface area (Å²) in [6, 6.07) is 4.53. The van der Waals surface area contributed by atoms with Gasteiger partial charge in [0.2, 0.25) is 0 Å². The minimum Gasteiger partial charge on any atom is -0.384 e. The van der Waals surface area contributed by atoms with Crippen molar-refractivity contribution in [3.05, 3.63) is 29.6 Å². The Morgan fingerprint density at radius 1 is 1.53 bits per heavy atom. The standard InChI is InChI=1S/C12H18FN3O/c1-3-17-7-6-16(2)11-5-4-9(12(14)15)8-10(11)13/h4-5,8H,3,6-7H2,1-2H3,(H3,14,15). The highest BCUT2D eigenvalue weighted by molar-refractivity contribution is 5.95. The van der Waals surface area contributed by atoms with Gasteiger partial charge in [0.15, 0.2) is 0 Å². The van der Waals surface area contributed by atoms with Crippen LogP contribution in [0.2, 0.25) is 0 Å². The van der Waals surface area contributed by atoms with Gasteiger partial charge in [-0.15, -0.1) is 0 Å².